The molecule has 0 saturated carbocycles. The topological polar surface area (TPSA) is 30.7 Å². The van der Waals surface area contributed by atoms with Gasteiger partial charge in [-0.05, 0) is 29.8 Å². The highest BCUT2D eigenvalue weighted by Crippen LogP contribution is 2.18. The zero-order chi connectivity index (χ0) is 13.9. The van der Waals surface area contributed by atoms with Crippen molar-refractivity contribution in [2.75, 3.05) is 5.88 Å². The summed E-state index contributed by atoms with van der Waals surface area (Å²) >= 11 is 9.39. The summed E-state index contributed by atoms with van der Waals surface area (Å²) in [5.41, 5.74) is 3.04. The van der Waals surface area contributed by atoms with Gasteiger partial charge in [-0.3, -0.25) is 0 Å². The number of fused-ring (bicyclic) bond motifs is 1. The van der Waals surface area contributed by atoms with Crippen LogP contribution in [0.5, 0.6) is 0 Å². The van der Waals surface area contributed by atoms with Gasteiger partial charge in [-0.15, -0.1) is 11.6 Å². The molecule has 0 radical (unpaired) electrons. The predicted molar refractivity (Wildman–Crippen MR) is 85.2 cm³/mol. The fraction of sp³-hybridized carbons (Fsp3) is 0.200. The second kappa shape index (κ2) is 5.94. The van der Waals surface area contributed by atoms with E-state index >= 15 is 0 Å². The first-order valence-electron chi connectivity index (χ1n) is 6.38. The largest absolute Gasteiger partial charge is 0.308 e. The van der Waals surface area contributed by atoms with Gasteiger partial charge in [0, 0.05) is 23.0 Å². The molecule has 2 aromatic heterocycles. The second-order valence-electron chi connectivity index (χ2n) is 4.53. The van der Waals surface area contributed by atoms with Crippen molar-refractivity contribution in [1.29, 1.82) is 0 Å². The molecule has 3 nitrogen and oxygen atoms in total. The Hall–Kier alpha value is -1.39. The number of aromatic nitrogens is 3. The van der Waals surface area contributed by atoms with E-state index in [9.17, 15) is 0 Å². The van der Waals surface area contributed by atoms with E-state index in [0.29, 0.717) is 5.88 Å². The van der Waals surface area contributed by atoms with Crippen LogP contribution >= 0.6 is 27.5 Å². The average molecular weight is 351 g/mol. The van der Waals surface area contributed by atoms with Crippen molar-refractivity contribution in [3.8, 4) is 0 Å². The lowest BCUT2D eigenvalue weighted by atomic mass is 10.2. The molecule has 0 atom stereocenters. The van der Waals surface area contributed by atoms with Gasteiger partial charge in [0.2, 0.25) is 0 Å². The Labute approximate surface area is 130 Å². The third-order valence-electron chi connectivity index (χ3n) is 3.13. The van der Waals surface area contributed by atoms with Gasteiger partial charge in [0.1, 0.15) is 11.3 Å². The van der Waals surface area contributed by atoms with Crippen molar-refractivity contribution < 1.29 is 0 Å². The zero-order valence-corrected chi connectivity index (χ0v) is 13.1. The van der Waals surface area contributed by atoms with E-state index in [0.717, 1.165) is 34.4 Å². The summed E-state index contributed by atoms with van der Waals surface area (Å²) < 4.78 is 3.21. The van der Waals surface area contributed by atoms with E-state index in [1.807, 2.05) is 24.3 Å². The van der Waals surface area contributed by atoms with Crippen molar-refractivity contribution in [2.45, 2.75) is 13.0 Å². The molecule has 20 heavy (non-hydrogen) atoms. The summed E-state index contributed by atoms with van der Waals surface area (Å²) in [6.07, 6.45) is 2.54. The standard InChI is InChI=1S/C15H13BrClN3/c16-12-4-1-3-11(9-12)10-20-14(6-7-17)19-13-5-2-8-18-15(13)20/h1-5,8-9H,6-7,10H2. The van der Waals surface area contributed by atoms with Gasteiger partial charge in [0.15, 0.2) is 5.65 Å². The first kappa shape index (κ1) is 13.6. The van der Waals surface area contributed by atoms with Crippen molar-refractivity contribution >= 4 is 38.7 Å². The Morgan fingerprint density at radius 3 is 2.90 bits per heavy atom. The van der Waals surface area contributed by atoms with E-state index in [1.54, 1.807) is 6.20 Å². The zero-order valence-electron chi connectivity index (χ0n) is 10.8. The SMILES string of the molecule is ClCCc1nc2cccnc2n1Cc1cccc(Br)c1. The molecule has 0 N–H and O–H groups in total. The van der Waals surface area contributed by atoms with E-state index in [1.165, 1.54) is 5.56 Å². The van der Waals surface area contributed by atoms with Crippen LogP contribution in [-0.4, -0.2) is 20.4 Å². The monoisotopic (exact) mass is 349 g/mol. The van der Waals surface area contributed by atoms with Crippen LogP contribution in [0.2, 0.25) is 0 Å². The van der Waals surface area contributed by atoms with Crippen LogP contribution in [0.3, 0.4) is 0 Å². The highest BCUT2D eigenvalue weighted by molar-refractivity contribution is 9.10. The lowest BCUT2D eigenvalue weighted by Crippen LogP contribution is -2.06. The molecule has 0 amide bonds. The van der Waals surface area contributed by atoms with Crippen LogP contribution in [0.1, 0.15) is 11.4 Å². The first-order chi connectivity index (χ1) is 9.78. The van der Waals surface area contributed by atoms with Gasteiger partial charge < -0.3 is 4.57 Å². The fourth-order valence-corrected chi connectivity index (χ4v) is 2.88. The molecular formula is C15H13BrClN3. The van der Waals surface area contributed by atoms with Gasteiger partial charge in [-0.25, -0.2) is 9.97 Å². The summed E-state index contributed by atoms with van der Waals surface area (Å²) in [7, 11) is 0. The maximum Gasteiger partial charge on any atom is 0.160 e. The van der Waals surface area contributed by atoms with Crippen molar-refractivity contribution in [2.24, 2.45) is 0 Å². The number of alkyl halides is 1. The Balaban J connectivity index is 2.06. The lowest BCUT2D eigenvalue weighted by molar-refractivity contribution is 0.747. The Morgan fingerprint density at radius 1 is 1.20 bits per heavy atom. The van der Waals surface area contributed by atoms with Crippen molar-refractivity contribution in [3.63, 3.8) is 0 Å². The van der Waals surface area contributed by atoms with E-state index in [4.69, 9.17) is 11.6 Å². The maximum absolute atomic E-state index is 5.88. The van der Waals surface area contributed by atoms with Gasteiger partial charge >= 0.3 is 0 Å². The molecule has 0 saturated heterocycles. The Morgan fingerprint density at radius 2 is 2.10 bits per heavy atom. The molecule has 5 heteroatoms. The summed E-state index contributed by atoms with van der Waals surface area (Å²) in [4.78, 5) is 9.07. The van der Waals surface area contributed by atoms with E-state index in [-0.39, 0.29) is 0 Å². The molecule has 0 aliphatic rings. The molecular weight excluding hydrogens is 338 g/mol. The molecule has 1 aromatic carbocycles. The lowest BCUT2D eigenvalue weighted by Gasteiger charge is -2.08. The minimum absolute atomic E-state index is 0.557. The molecule has 0 unspecified atom stereocenters. The quantitative estimate of drug-likeness (QED) is 0.665. The van der Waals surface area contributed by atoms with Crippen LogP contribution in [0.4, 0.5) is 0 Å². The molecule has 0 bridgehead atoms. The molecule has 0 aliphatic carbocycles. The second-order valence-corrected chi connectivity index (χ2v) is 5.82. The smallest absolute Gasteiger partial charge is 0.160 e. The number of rotatable bonds is 4. The number of hydrogen-bond acceptors (Lipinski definition) is 2. The van der Waals surface area contributed by atoms with Crippen LogP contribution in [0, 0.1) is 0 Å². The average Bonchev–Trinajstić information content (AvgIpc) is 2.78. The molecule has 0 fully saturated rings. The van der Waals surface area contributed by atoms with Crippen LogP contribution in [-0.2, 0) is 13.0 Å². The Bertz CT molecular complexity index is 739. The van der Waals surface area contributed by atoms with Gasteiger partial charge in [0.05, 0.1) is 6.54 Å². The van der Waals surface area contributed by atoms with Gasteiger partial charge in [-0.1, -0.05) is 28.1 Å². The van der Waals surface area contributed by atoms with E-state index < -0.39 is 0 Å². The van der Waals surface area contributed by atoms with E-state index in [2.05, 4.69) is 42.6 Å². The third-order valence-corrected chi connectivity index (χ3v) is 3.81. The van der Waals surface area contributed by atoms with Crippen molar-refractivity contribution in [3.05, 3.63) is 58.5 Å². The number of halogens is 2. The summed E-state index contributed by atoms with van der Waals surface area (Å²) in [5.74, 6) is 1.54. The highest BCUT2D eigenvalue weighted by atomic mass is 79.9. The number of pyridine rings is 1. The minimum Gasteiger partial charge on any atom is -0.308 e. The summed E-state index contributed by atoms with van der Waals surface area (Å²) in [6.45, 7) is 0.749. The number of aryl methyl sites for hydroxylation is 1. The normalized spacial score (nSPS) is 11.1. The number of benzene rings is 1. The molecule has 102 valence electrons. The summed E-state index contributed by atoms with van der Waals surface area (Å²) in [6, 6.07) is 12.2. The maximum atomic E-state index is 5.88. The van der Waals surface area contributed by atoms with Crippen LogP contribution < -0.4 is 0 Å². The third kappa shape index (κ3) is 2.72. The highest BCUT2D eigenvalue weighted by Gasteiger charge is 2.11. The predicted octanol–water partition coefficient (Wildman–Crippen LogP) is 4.02. The molecule has 2 heterocycles. The first-order valence-corrected chi connectivity index (χ1v) is 7.71. The number of nitrogens with zero attached hydrogens (tertiary/aromatic N) is 3. The molecule has 3 rings (SSSR count). The fourth-order valence-electron chi connectivity index (χ4n) is 2.26. The summed E-state index contributed by atoms with van der Waals surface area (Å²) in [5, 5.41) is 0. The number of imidazole rings is 1. The number of hydrogen-bond donors (Lipinski definition) is 0. The minimum atomic E-state index is 0.557. The molecule has 0 aliphatic heterocycles. The van der Waals surface area contributed by atoms with Crippen LogP contribution in [0.15, 0.2) is 47.1 Å². The van der Waals surface area contributed by atoms with Crippen molar-refractivity contribution in [1.82, 2.24) is 14.5 Å². The molecule has 0 spiro atoms. The Kier molecular flexibility index (Phi) is 4.03. The van der Waals surface area contributed by atoms with Crippen LogP contribution in [0.25, 0.3) is 11.2 Å². The van der Waals surface area contributed by atoms with Gasteiger partial charge in [0.25, 0.3) is 0 Å². The van der Waals surface area contributed by atoms with Gasteiger partial charge in [-0.2, -0.15) is 0 Å². The molecule has 3 aromatic rings.